The normalized spacial score (nSPS) is 18.2. The molecule has 2 fully saturated rings. The number of methoxy groups -OCH3 is 2. The zero-order chi connectivity index (χ0) is 24.3. The second kappa shape index (κ2) is 10.1. The summed E-state index contributed by atoms with van der Waals surface area (Å²) in [5, 5.41) is 0. The maximum absolute atomic E-state index is 14.1. The molecular weight excluding hydrogens is 444 g/mol. The van der Waals surface area contributed by atoms with Crippen molar-refractivity contribution < 1.29 is 27.8 Å². The molecule has 34 heavy (non-hydrogen) atoms. The third kappa shape index (κ3) is 4.50. The van der Waals surface area contributed by atoms with Crippen molar-refractivity contribution in [1.82, 2.24) is 14.7 Å². The van der Waals surface area contributed by atoms with Crippen molar-refractivity contribution >= 4 is 11.9 Å². The molecule has 0 saturated carbocycles. The smallest absolute Gasteiger partial charge is 0.328 e. The number of halogens is 2. The molecule has 2 aromatic rings. The molecule has 0 atom stereocenters. The van der Waals surface area contributed by atoms with Crippen LogP contribution in [0.5, 0.6) is 5.75 Å². The number of nitrogens with zero attached hydrogens (tertiary/aromatic N) is 3. The fourth-order valence-corrected chi connectivity index (χ4v) is 4.84. The van der Waals surface area contributed by atoms with E-state index in [2.05, 4.69) is 0 Å². The van der Waals surface area contributed by atoms with Crippen LogP contribution in [-0.2, 0) is 22.6 Å². The van der Waals surface area contributed by atoms with Gasteiger partial charge in [0.2, 0.25) is 0 Å². The maximum atomic E-state index is 14.1. The number of hydrogen-bond acceptors (Lipinski definition) is 5. The van der Waals surface area contributed by atoms with Crippen LogP contribution >= 0.6 is 0 Å². The van der Waals surface area contributed by atoms with Gasteiger partial charge in [0, 0.05) is 38.9 Å². The fraction of sp³-hybridized carbons (Fsp3) is 0.440. The van der Waals surface area contributed by atoms with Crippen molar-refractivity contribution in [3.05, 3.63) is 65.2 Å². The number of urea groups is 1. The minimum Gasteiger partial charge on any atom is -0.497 e. The third-order valence-corrected chi connectivity index (χ3v) is 6.72. The van der Waals surface area contributed by atoms with E-state index in [9.17, 15) is 18.4 Å². The monoisotopic (exact) mass is 473 g/mol. The molecule has 0 unspecified atom stereocenters. The van der Waals surface area contributed by atoms with E-state index in [4.69, 9.17) is 9.47 Å². The first-order valence-electron chi connectivity index (χ1n) is 11.3. The van der Waals surface area contributed by atoms with Gasteiger partial charge in [-0.25, -0.2) is 13.6 Å². The Morgan fingerprint density at radius 3 is 2.44 bits per heavy atom. The lowest BCUT2D eigenvalue weighted by atomic mass is 9.85. The van der Waals surface area contributed by atoms with E-state index in [0.29, 0.717) is 44.8 Å². The SMILES string of the molecule is COCCN1C(=O)N(Cc2cccc(OC)c2)C(=O)C12CCN(Cc1cccc(F)c1F)CC2. The van der Waals surface area contributed by atoms with Gasteiger partial charge in [-0.05, 0) is 36.6 Å². The summed E-state index contributed by atoms with van der Waals surface area (Å²) in [5.74, 6) is -1.30. The van der Waals surface area contributed by atoms with E-state index < -0.39 is 17.2 Å². The zero-order valence-corrected chi connectivity index (χ0v) is 19.4. The van der Waals surface area contributed by atoms with Gasteiger partial charge in [-0.1, -0.05) is 24.3 Å². The van der Waals surface area contributed by atoms with Crippen LogP contribution in [0.4, 0.5) is 13.6 Å². The molecule has 1 spiro atoms. The molecule has 0 N–H and O–H groups in total. The fourth-order valence-electron chi connectivity index (χ4n) is 4.84. The Labute approximate surface area is 197 Å². The molecule has 0 aromatic heterocycles. The van der Waals surface area contributed by atoms with Crippen LogP contribution in [0, 0.1) is 11.6 Å². The Hall–Kier alpha value is -3.04. The highest BCUT2D eigenvalue weighted by atomic mass is 19.2. The number of piperidine rings is 1. The first kappa shape index (κ1) is 24.1. The van der Waals surface area contributed by atoms with Crippen molar-refractivity contribution in [2.24, 2.45) is 0 Å². The van der Waals surface area contributed by atoms with Gasteiger partial charge in [-0.15, -0.1) is 0 Å². The number of imide groups is 1. The van der Waals surface area contributed by atoms with E-state index in [-0.39, 0.29) is 30.6 Å². The summed E-state index contributed by atoms with van der Waals surface area (Å²) in [6.45, 7) is 1.96. The molecule has 7 nitrogen and oxygen atoms in total. The van der Waals surface area contributed by atoms with Gasteiger partial charge >= 0.3 is 6.03 Å². The molecule has 2 aliphatic rings. The Bertz CT molecular complexity index is 1060. The number of likely N-dealkylation sites (tertiary alicyclic amines) is 1. The number of hydrogen-bond donors (Lipinski definition) is 0. The van der Waals surface area contributed by atoms with Gasteiger partial charge in [0.05, 0.1) is 20.3 Å². The maximum Gasteiger partial charge on any atom is 0.328 e. The number of rotatable bonds is 8. The predicted octanol–water partition coefficient (Wildman–Crippen LogP) is 3.42. The number of carbonyl (C=O) groups excluding carboxylic acids is 2. The van der Waals surface area contributed by atoms with Gasteiger partial charge in [-0.2, -0.15) is 0 Å². The molecule has 0 aliphatic carbocycles. The molecule has 2 heterocycles. The lowest BCUT2D eigenvalue weighted by molar-refractivity contribution is -0.136. The summed E-state index contributed by atoms with van der Waals surface area (Å²) in [7, 11) is 3.12. The molecule has 4 rings (SSSR count). The Balaban J connectivity index is 1.52. The molecule has 2 saturated heterocycles. The lowest BCUT2D eigenvalue weighted by Gasteiger charge is -2.42. The number of carbonyl (C=O) groups is 2. The van der Waals surface area contributed by atoms with Crippen LogP contribution in [0.25, 0.3) is 0 Å². The molecule has 2 aliphatic heterocycles. The second-order valence-corrected chi connectivity index (χ2v) is 8.69. The molecular formula is C25H29F2N3O4. The number of benzene rings is 2. The van der Waals surface area contributed by atoms with Gasteiger partial charge in [0.25, 0.3) is 5.91 Å². The van der Waals surface area contributed by atoms with Crippen LogP contribution in [0.15, 0.2) is 42.5 Å². The summed E-state index contributed by atoms with van der Waals surface area (Å²) in [6.07, 6.45) is 0.819. The van der Waals surface area contributed by atoms with Crippen LogP contribution in [0.3, 0.4) is 0 Å². The van der Waals surface area contributed by atoms with Crippen molar-refractivity contribution in [3.63, 3.8) is 0 Å². The van der Waals surface area contributed by atoms with Crippen LogP contribution < -0.4 is 4.74 Å². The minimum atomic E-state index is -0.967. The second-order valence-electron chi connectivity index (χ2n) is 8.69. The lowest BCUT2D eigenvalue weighted by Crippen LogP contribution is -2.57. The van der Waals surface area contributed by atoms with Crippen LogP contribution in [0.1, 0.15) is 24.0 Å². The van der Waals surface area contributed by atoms with E-state index >= 15 is 0 Å². The number of ether oxygens (including phenoxy) is 2. The standard InChI is InChI=1S/C25H29F2N3O4/c1-33-14-13-30-24(32)29(16-18-5-3-7-20(15-18)34-2)23(31)25(30)9-11-28(12-10-25)17-19-6-4-8-21(26)22(19)27/h3-8,15H,9-14,16-17H2,1-2H3. The highest BCUT2D eigenvalue weighted by Gasteiger charge is 2.57. The predicted molar refractivity (Wildman–Crippen MR) is 121 cm³/mol. The topological polar surface area (TPSA) is 62.3 Å². The minimum absolute atomic E-state index is 0.151. The van der Waals surface area contributed by atoms with Crippen LogP contribution in [0.2, 0.25) is 0 Å². The summed E-state index contributed by atoms with van der Waals surface area (Å²) < 4.78 is 38.2. The highest BCUT2D eigenvalue weighted by Crippen LogP contribution is 2.38. The Morgan fingerprint density at radius 1 is 1.00 bits per heavy atom. The van der Waals surface area contributed by atoms with Crippen molar-refractivity contribution in [2.45, 2.75) is 31.5 Å². The zero-order valence-electron chi connectivity index (χ0n) is 19.4. The average Bonchev–Trinajstić information content (AvgIpc) is 3.03. The van der Waals surface area contributed by atoms with E-state index in [1.54, 1.807) is 37.3 Å². The van der Waals surface area contributed by atoms with Gasteiger partial charge in [0.15, 0.2) is 11.6 Å². The summed E-state index contributed by atoms with van der Waals surface area (Å²) in [4.78, 5) is 31.9. The van der Waals surface area contributed by atoms with Crippen LogP contribution in [-0.4, -0.2) is 72.6 Å². The summed E-state index contributed by atoms with van der Waals surface area (Å²) >= 11 is 0. The largest absolute Gasteiger partial charge is 0.497 e. The molecule has 3 amide bonds. The van der Waals surface area contributed by atoms with E-state index in [1.807, 2.05) is 17.0 Å². The summed E-state index contributed by atoms with van der Waals surface area (Å²) in [6, 6.07) is 11.1. The van der Waals surface area contributed by atoms with Crippen molar-refractivity contribution in [2.75, 3.05) is 40.5 Å². The average molecular weight is 474 g/mol. The first-order valence-corrected chi connectivity index (χ1v) is 11.3. The van der Waals surface area contributed by atoms with Gasteiger partial charge < -0.3 is 14.4 Å². The van der Waals surface area contributed by atoms with Crippen molar-refractivity contribution in [3.8, 4) is 5.75 Å². The Morgan fingerprint density at radius 2 is 1.74 bits per heavy atom. The molecule has 182 valence electrons. The Kier molecular flexibility index (Phi) is 7.13. The number of amides is 3. The highest BCUT2D eigenvalue weighted by molar-refractivity contribution is 6.07. The molecule has 2 aromatic carbocycles. The molecule has 9 heteroatoms. The van der Waals surface area contributed by atoms with Crippen molar-refractivity contribution in [1.29, 1.82) is 0 Å². The molecule has 0 radical (unpaired) electrons. The van der Waals surface area contributed by atoms with E-state index in [1.165, 1.54) is 11.0 Å². The molecule has 0 bridgehead atoms. The quantitative estimate of drug-likeness (QED) is 0.550. The first-order chi connectivity index (χ1) is 16.4. The van der Waals surface area contributed by atoms with Gasteiger partial charge in [-0.3, -0.25) is 14.6 Å². The third-order valence-electron chi connectivity index (χ3n) is 6.72. The van der Waals surface area contributed by atoms with E-state index in [0.717, 1.165) is 11.6 Å². The van der Waals surface area contributed by atoms with Gasteiger partial charge in [0.1, 0.15) is 11.3 Å². The summed E-state index contributed by atoms with van der Waals surface area (Å²) in [5.41, 5.74) is 0.107.